The van der Waals surface area contributed by atoms with Crippen LogP contribution >= 0.6 is 11.3 Å². The molecule has 0 saturated carbocycles. The Balaban J connectivity index is 2.11. The number of rotatable bonds is 4. The van der Waals surface area contributed by atoms with Gasteiger partial charge < -0.3 is 10.5 Å². The van der Waals surface area contributed by atoms with Crippen LogP contribution in [0.1, 0.15) is 17.2 Å². The van der Waals surface area contributed by atoms with Gasteiger partial charge in [-0.1, -0.05) is 0 Å². The molecule has 2 N–H and O–H groups in total. The summed E-state index contributed by atoms with van der Waals surface area (Å²) in [7, 11) is 0. The maximum atomic E-state index is 12.4. The minimum absolute atomic E-state index is 0.262. The smallest absolute Gasteiger partial charge is 0.416 e. The molecule has 1 atom stereocenters. The second-order valence-electron chi connectivity index (χ2n) is 3.92. The fourth-order valence-corrected chi connectivity index (χ4v) is 2.30. The molecule has 2 aromatic rings. The zero-order valence-corrected chi connectivity index (χ0v) is 10.7. The van der Waals surface area contributed by atoms with Crippen LogP contribution in [0, 0.1) is 0 Å². The van der Waals surface area contributed by atoms with Crippen molar-refractivity contribution in [2.45, 2.75) is 12.3 Å². The van der Waals surface area contributed by atoms with Crippen molar-refractivity contribution in [2.75, 3.05) is 6.54 Å². The summed E-state index contributed by atoms with van der Waals surface area (Å²) in [5.74, 6) is 0.370. The fraction of sp³-hybridized carbons (Fsp3) is 0.231. The van der Waals surface area contributed by atoms with Gasteiger partial charge in [-0.25, -0.2) is 0 Å². The molecule has 0 bridgehead atoms. The topological polar surface area (TPSA) is 35.2 Å². The fourth-order valence-electron chi connectivity index (χ4n) is 1.60. The molecule has 2 rings (SSSR count). The lowest BCUT2D eigenvalue weighted by Crippen LogP contribution is -2.17. The molecular weight excluding hydrogens is 275 g/mol. The maximum Gasteiger partial charge on any atom is 0.416 e. The van der Waals surface area contributed by atoms with E-state index in [2.05, 4.69) is 0 Å². The molecule has 0 spiro atoms. The Morgan fingerprint density at radius 1 is 1.16 bits per heavy atom. The molecule has 19 heavy (non-hydrogen) atoms. The molecule has 0 aliphatic carbocycles. The summed E-state index contributed by atoms with van der Waals surface area (Å²) >= 11 is 1.52. The van der Waals surface area contributed by atoms with E-state index in [0.717, 1.165) is 17.7 Å². The number of benzene rings is 1. The van der Waals surface area contributed by atoms with Crippen LogP contribution in [-0.4, -0.2) is 6.54 Å². The summed E-state index contributed by atoms with van der Waals surface area (Å²) in [6.45, 7) is 0.262. The van der Waals surface area contributed by atoms with Crippen molar-refractivity contribution in [3.05, 3.63) is 52.2 Å². The lowest BCUT2D eigenvalue weighted by atomic mass is 10.2. The Bertz CT molecular complexity index is 508. The summed E-state index contributed by atoms with van der Waals surface area (Å²) in [5.41, 5.74) is 5.84. The van der Waals surface area contributed by atoms with Crippen LogP contribution in [0.2, 0.25) is 0 Å². The third kappa shape index (κ3) is 3.48. The first kappa shape index (κ1) is 13.9. The number of alkyl halides is 3. The molecule has 1 aromatic heterocycles. The third-order valence-electron chi connectivity index (χ3n) is 2.59. The third-order valence-corrected chi connectivity index (χ3v) is 3.29. The van der Waals surface area contributed by atoms with E-state index in [9.17, 15) is 13.2 Å². The van der Waals surface area contributed by atoms with Gasteiger partial charge in [0.05, 0.1) is 5.56 Å². The average Bonchev–Trinajstić information content (AvgIpc) is 2.89. The zero-order valence-electron chi connectivity index (χ0n) is 9.85. The Hall–Kier alpha value is -1.53. The molecule has 1 heterocycles. The van der Waals surface area contributed by atoms with Crippen molar-refractivity contribution in [3.63, 3.8) is 0 Å². The van der Waals surface area contributed by atoms with Crippen LogP contribution in [0.25, 0.3) is 0 Å². The number of ether oxygens (including phenoxy) is 1. The lowest BCUT2D eigenvalue weighted by molar-refractivity contribution is -0.137. The maximum absolute atomic E-state index is 12.4. The van der Waals surface area contributed by atoms with Crippen molar-refractivity contribution in [1.82, 2.24) is 0 Å². The Morgan fingerprint density at radius 3 is 2.32 bits per heavy atom. The van der Waals surface area contributed by atoms with E-state index < -0.39 is 11.7 Å². The number of nitrogens with two attached hydrogens (primary N) is 1. The highest BCUT2D eigenvalue weighted by atomic mass is 32.1. The molecular formula is C13H12F3NOS. The van der Waals surface area contributed by atoms with Gasteiger partial charge in [-0.05, 0) is 41.1 Å². The van der Waals surface area contributed by atoms with Gasteiger partial charge >= 0.3 is 6.18 Å². The molecule has 0 amide bonds. The van der Waals surface area contributed by atoms with Crippen LogP contribution in [0.4, 0.5) is 13.2 Å². The first-order valence-electron chi connectivity index (χ1n) is 5.57. The molecule has 2 nitrogen and oxygen atoms in total. The van der Waals surface area contributed by atoms with Gasteiger partial charge in [-0.2, -0.15) is 24.5 Å². The molecule has 6 heteroatoms. The van der Waals surface area contributed by atoms with Gasteiger partial charge in [0.2, 0.25) is 0 Å². The van der Waals surface area contributed by atoms with E-state index in [-0.39, 0.29) is 12.6 Å². The molecule has 0 aliphatic rings. The highest BCUT2D eigenvalue weighted by Gasteiger charge is 2.30. The molecule has 102 valence electrons. The molecule has 0 fully saturated rings. The van der Waals surface area contributed by atoms with E-state index in [1.54, 1.807) is 0 Å². The van der Waals surface area contributed by atoms with E-state index >= 15 is 0 Å². The van der Waals surface area contributed by atoms with Crippen molar-refractivity contribution < 1.29 is 17.9 Å². The summed E-state index contributed by atoms with van der Waals surface area (Å²) < 4.78 is 42.8. The Kier molecular flexibility index (Phi) is 4.11. The Morgan fingerprint density at radius 2 is 1.84 bits per heavy atom. The van der Waals surface area contributed by atoms with Crippen LogP contribution in [0.15, 0.2) is 41.1 Å². The molecule has 0 saturated heterocycles. The number of thiophene rings is 1. The average molecular weight is 287 g/mol. The molecule has 1 unspecified atom stereocenters. The van der Waals surface area contributed by atoms with Crippen LogP contribution in [-0.2, 0) is 6.18 Å². The minimum atomic E-state index is -4.33. The second kappa shape index (κ2) is 5.63. The lowest BCUT2D eigenvalue weighted by Gasteiger charge is -2.17. The first-order chi connectivity index (χ1) is 9.00. The predicted octanol–water partition coefficient (Wildman–Crippen LogP) is 3.85. The Labute approximate surface area is 112 Å². The van der Waals surface area contributed by atoms with Gasteiger partial charge in [-0.15, -0.1) is 0 Å². The standard InChI is InChI=1S/C13H12F3NOS/c14-13(15,16)10-1-3-11(4-2-10)18-12(7-17)9-5-6-19-8-9/h1-6,8,12H,7,17H2. The van der Waals surface area contributed by atoms with E-state index in [0.29, 0.717) is 5.75 Å². The van der Waals surface area contributed by atoms with Crippen molar-refractivity contribution in [3.8, 4) is 5.75 Å². The van der Waals surface area contributed by atoms with Gasteiger partial charge in [0.1, 0.15) is 11.9 Å². The first-order valence-corrected chi connectivity index (χ1v) is 6.51. The van der Waals surface area contributed by atoms with E-state index in [1.807, 2.05) is 16.8 Å². The summed E-state index contributed by atoms with van der Waals surface area (Å²) in [6, 6.07) is 6.48. The van der Waals surface area contributed by atoms with Gasteiger partial charge in [0.25, 0.3) is 0 Å². The molecule has 0 radical (unpaired) electrons. The predicted molar refractivity (Wildman–Crippen MR) is 68.2 cm³/mol. The van der Waals surface area contributed by atoms with Gasteiger partial charge in [0.15, 0.2) is 0 Å². The summed E-state index contributed by atoms with van der Waals surface area (Å²) in [6.07, 6.45) is -4.68. The van der Waals surface area contributed by atoms with Crippen LogP contribution in [0.3, 0.4) is 0 Å². The molecule has 1 aromatic carbocycles. The highest BCUT2D eigenvalue weighted by Crippen LogP contribution is 2.31. The van der Waals surface area contributed by atoms with Crippen molar-refractivity contribution in [1.29, 1.82) is 0 Å². The monoisotopic (exact) mass is 287 g/mol. The second-order valence-corrected chi connectivity index (χ2v) is 4.70. The van der Waals surface area contributed by atoms with Crippen LogP contribution < -0.4 is 10.5 Å². The molecule has 0 aliphatic heterocycles. The SMILES string of the molecule is NCC(Oc1ccc(C(F)(F)F)cc1)c1ccsc1. The number of hydrogen-bond donors (Lipinski definition) is 1. The summed E-state index contributed by atoms with van der Waals surface area (Å²) in [4.78, 5) is 0. The normalized spacial score (nSPS) is 13.3. The quantitative estimate of drug-likeness (QED) is 0.927. The van der Waals surface area contributed by atoms with Gasteiger partial charge in [-0.3, -0.25) is 0 Å². The van der Waals surface area contributed by atoms with E-state index in [1.165, 1.54) is 23.5 Å². The number of hydrogen-bond acceptors (Lipinski definition) is 3. The van der Waals surface area contributed by atoms with Gasteiger partial charge in [0, 0.05) is 12.1 Å². The summed E-state index contributed by atoms with van der Waals surface area (Å²) in [5, 5.41) is 3.80. The minimum Gasteiger partial charge on any atom is -0.484 e. The largest absolute Gasteiger partial charge is 0.484 e. The van der Waals surface area contributed by atoms with Crippen LogP contribution in [0.5, 0.6) is 5.75 Å². The number of halogens is 3. The van der Waals surface area contributed by atoms with E-state index in [4.69, 9.17) is 10.5 Å². The van der Waals surface area contributed by atoms with Crippen molar-refractivity contribution >= 4 is 11.3 Å². The zero-order chi connectivity index (χ0) is 13.9. The van der Waals surface area contributed by atoms with Crippen molar-refractivity contribution in [2.24, 2.45) is 5.73 Å². The highest BCUT2D eigenvalue weighted by molar-refractivity contribution is 7.07.